The van der Waals surface area contributed by atoms with Crippen molar-refractivity contribution in [1.82, 2.24) is 9.88 Å². The highest BCUT2D eigenvalue weighted by Crippen LogP contribution is 2.23. The molecule has 0 spiro atoms. The number of aromatic nitrogens is 1. The fourth-order valence-electron chi connectivity index (χ4n) is 3.33. The summed E-state index contributed by atoms with van der Waals surface area (Å²) in [6, 6.07) is 11.8. The number of likely N-dealkylation sites (tertiary alicyclic amines) is 1. The van der Waals surface area contributed by atoms with Crippen LogP contribution in [0.15, 0.2) is 48.0 Å². The number of carbonyl (C=O) groups excluding carboxylic acids is 1. The van der Waals surface area contributed by atoms with E-state index in [1.54, 1.807) is 29.0 Å². The van der Waals surface area contributed by atoms with E-state index in [4.69, 9.17) is 4.74 Å². The van der Waals surface area contributed by atoms with Gasteiger partial charge in [-0.1, -0.05) is 6.07 Å². The number of nitrogens with zero attached hydrogens (tertiary/aromatic N) is 2. The molecule has 1 fully saturated rings. The minimum atomic E-state index is -0.304. The number of piperidine rings is 1. The van der Waals surface area contributed by atoms with Crippen molar-refractivity contribution < 1.29 is 13.9 Å². The van der Waals surface area contributed by atoms with E-state index in [2.05, 4.69) is 4.98 Å². The minimum Gasteiger partial charge on any atom is -0.493 e. The van der Waals surface area contributed by atoms with Crippen LogP contribution in [-0.2, 0) is 0 Å². The van der Waals surface area contributed by atoms with Crippen molar-refractivity contribution in [2.75, 3.05) is 19.7 Å². The van der Waals surface area contributed by atoms with E-state index in [9.17, 15) is 9.18 Å². The summed E-state index contributed by atoms with van der Waals surface area (Å²) < 4.78 is 20.0. The van der Waals surface area contributed by atoms with Gasteiger partial charge < -0.3 is 9.64 Å². The fraction of sp³-hybridized carbons (Fsp3) is 0.300. The molecule has 4 nitrogen and oxygen atoms in total. The lowest BCUT2D eigenvalue weighted by molar-refractivity contribution is 0.0633. The largest absolute Gasteiger partial charge is 0.493 e. The summed E-state index contributed by atoms with van der Waals surface area (Å²) in [4.78, 5) is 19.0. The van der Waals surface area contributed by atoms with Crippen LogP contribution < -0.4 is 4.74 Å². The molecule has 1 aliphatic rings. The summed E-state index contributed by atoms with van der Waals surface area (Å²) in [5.74, 6) is 0.532. The molecule has 0 radical (unpaired) electrons. The molecule has 6 heteroatoms. The van der Waals surface area contributed by atoms with Gasteiger partial charge in [0.2, 0.25) is 0 Å². The molecule has 0 saturated carbocycles. The minimum absolute atomic E-state index is 0.0516. The van der Waals surface area contributed by atoms with Gasteiger partial charge in [-0.3, -0.25) is 4.79 Å². The Labute approximate surface area is 155 Å². The van der Waals surface area contributed by atoms with Crippen LogP contribution in [0.25, 0.3) is 10.2 Å². The normalized spacial score (nSPS) is 17.4. The summed E-state index contributed by atoms with van der Waals surface area (Å²) in [6.45, 7) is 1.91. The van der Waals surface area contributed by atoms with Gasteiger partial charge in [0, 0.05) is 30.6 Å². The van der Waals surface area contributed by atoms with E-state index in [0.717, 1.165) is 29.6 Å². The van der Waals surface area contributed by atoms with Crippen LogP contribution in [0.1, 0.15) is 23.2 Å². The van der Waals surface area contributed by atoms with Crippen molar-refractivity contribution >= 4 is 27.5 Å². The first-order valence-electron chi connectivity index (χ1n) is 8.70. The SMILES string of the molecule is O=C(c1ccc2ncsc2c1)N1CCC[C@@H](COc2cccc(F)c2)C1. The standard InChI is InChI=1S/C20H19FN2O2S/c21-16-4-1-5-17(10-16)25-12-14-3-2-8-23(11-14)20(24)15-6-7-18-19(9-15)26-13-22-18/h1,4-7,9-10,13-14H,2-3,8,11-12H2/t14-/m1/s1. The number of hydrogen-bond donors (Lipinski definition) is 0. The van der Waals surface area contributed by atoms with Crippen molar-refractivity contribution in [2.24, 2.45) is 5.92 Å². The molecule has 1 atom stereocenters. The first kappa shape index (κ1) is 17.0. The number of halogens is 1. The van der Waals surface area contributed by atoms with Crippen LogP contribution in [-0.4, -0.2) is 35.5 Å². The average molecular weight is 370 g/mol. The fourth-order valence-corrected chi connectivity index (χ4v) is 4.04. The van der Waals surface area contributed by atoms with Crippen molar-refractivity contribution in [1.29, 1.82) is 0 Å². The first-order valence-corrected chi connectivity index (χ1v) is 9.58. The molecule has 134 valence electrons. The third-order valence-electron chi connectivity index (χ3n) is 4.67. The maximum atomic E-state index is 13.2. The van der Waals surface area contributed by atoms with Crippen LogP contribution in [0.2, 0.25) is 0 Å². The Kier molecular flexibility index (Phi) is 4.84. The van der Waals surface area contributed by atoms with E-state index in [1.165, 1.54) is 12.1 Å². The van der Waals surface area contributed by atoms with E-state index >= 15 is 0 Å². The van der Waals surface area contributed by atoms with Gasteiger partial charge in [0.25, 0.3) is 5.91 Å². The number of amides is 1. The highest BCUT2D eigenvalue weighted by molar-refractivity contribution is 7.16. The van der Waals surface area contributed by atoms with E-state index in [0.29, 0.717) is 24.5 Å². The Morgan fingerprint density at radius 1 is 1.31 bits per heavy atom. The molecule has 1 aliphatic heterocycles. The molecule has 4 rings (SSSR count). The molecule has 0 N–H and O–H groups in total. The molecule has 0 unspecified atom stereocenters. The van der Waals surface area contributed by atoms with Gasteiger partial charge in [-0.15, -0.1) is 11.3 Å². The maximum absolute atomic E-state index is 13.2. The zero-order chi connectivity index (χ0) is 17.9. The van der Waals surface area contributed by atoms with Gasteiger partial charge in [0.1, 0.15) is 11.6 Å². The second kappa shape index (κ2) is 7.41. The predicted octanol–water partition coefficient (Wildman–Crippen LogP) is 4.37. The molecule has 2 heterocycles. The molecule has 0 bridgehead atoms. The average Bonchev–Trinajstić information content (AvgIpc) is 3.14. The molecule has 1 aromatic heterocycles. The molecule has 26 heavy (non-hydrogen) atoms. The predicted molar refractivity (Wildman–Crippen MR) is 100 cm³/mol. The second-order valence-electron chi connectivity index (χ2n) is 6.56. The molecule has 0 aliphatic carbocycles. The Morgan fingerprint density at radius 2 is 2.23 bits per heavy atom. The summed E-state index contributed by atoms with van der Waals surface area (Å²) in [5.41, 5.74) is 3.42. The van der Waals surface area contributed by atoms with Crippen molar-refractivity contribution in [3.8, 4) is 5.75 Å². The number of carbonyl (C=O) groups is 1. The molecule has 3 aromatic rings. The topological polar surface area (TPSA) is 42.4 Å². The summed E-state index contributed by atoms with van der Waals surface area (Å²) in [6.07, 6.45) is 1.96. The summed E-state index contributed by atoms with van der Waals surface area (Å²) >= 11 is 1.54. The molecular formula is C20H19FN2O2S. The lowest BCUT2D eigenvalue weighted by atomic mass is 9.98. The summed E-state index contributed by atoms with van der Waals surface area (Å²) in [5, 5.41) is 0. The molecule has 2 aromatic carbocycles. The van der Waals surface area contributed by atoms with E-state index in [-0.39, 0.29) is 17.6 Å². The van der Waals surface area contributed by atoms with Gasteiger partial charge in [-0.25, -0.2) is 9.37 Å². The molecule has 1 saturated heterocycles. The lowest BCUT2D eigenvalue weighted by Crippen LogP contribution is -2.41. The third-order valence-corrected chi connectivity index (χ3v) is 5.46. The number of hydrogen-bond acceptors (Lipinski definition) is 4. The van der Waals surface area contributed by atoms with Crippen LogP contribution in [0.3, 0.4) is 0 Å². The lowest BCUT2D eigenvalue weighted by Gasteiger charge is -2.32. The Morgan fingerprint density at radius 3 is 3.12 bits per heavy atom. The molecule has 1 amide bonds. The van der Waals surface area contributed by atoms with Crippen LogP contribution in [0.4, 0.5) is 4.39 Å². The van der Waals surface area contributed by atoms with E-state index in [1.807, 2.05) is 23.1 Å². The first-order chi connectivity index (χ1) is 12.7. The van der Waals surface area contributed by atoms with Gasteiger partial charge in [-0.05, 0) is 43.2 Å². The highest BCUT2D eigenvalue weighted by Gasteiger charge is 2.25. The zero-order valence-corrected chi connectivity index (χ0v) is 15.0. The van der Waals surface area contributed by atoms with Crippen molar-refractivity contribution in [3.05, 3.63) is 59.4 Å². The number of rotatable bonds is 4. The van der Waals surface area contributed by atoms with E-state index < -0.39 is 0 Å². The van der Waals surface area contributed by atoms with Crippen molar-refractivity contribution in [2.45, 2.75) is 12.8 Å². The Bertz CT molecular complexity index is 927. The zero-order valence-electron chi connectivity index (χ0n) is 14.2. The van der Waals surface area contributed by atoms with Crippen LogP contribution in [0.5, 0.6) is 5.75 Å². The van der Waals surface area contributed by atoms with Gasteiger partial charge in [0.05, 0.1) is 22.3 Å². The van der Waals surface area contributed by atoms with Gasteiger partial charge in [-0.2, -0.15) is 0 Å². The highest BCUT2D eigenvalue weighted by atomic mass is 32.1. The van der Waals surface area contributed by atoms with Crippen molar-refractivity contribution in [3.63, 3.8) is 0 Å². The van der Waals surface area contributed by atoms with Gasteiger partial charge >= 0.3 is 0 Å². The van der Waals surface area contributed by atoms with Crippen LogP contribution >= 0.6 is 11.3 Å². The monoisotopic (exact) mass is 370 g/mol. The Balaban J connectivity index is 1.40. The number of ether oxygens (including phenoxy) is 1. The summed E-state index contributed by atoms with van der Waals surface area (Å²) in [7, 11) is 0. The quantitative estimate of drug-likeness (QED) is 0.685. The smallest absolute Gasteiger partial charge is 0.253 e. The Hall–Kier alpha value is -2.47. The second-order valence-corrected chi connectivity index (χ2v) is 7.45. The number of benzene rings is 2. The number of thiazole rings is 1. The van der Waals surface area contributed by atoms with Crippen LogP contribution in [0, 0.1) is 11.7 Å². The molecular weight excluding hydrogens is 351 g/mol. The third kappa shape index (κ3) is 3.70. The number of fused-ring (bicyclic) bond motifs is 1. The van der Waals surface area contributed by atoms with Gasteiger partial charge in [0.15, 0.2) is 0 Å². The maximum Gasteiger partial charge on any atom is 0.253 e.